The van der Waals surface area contributed by atoms with Crippen molar-refractivity contribution in [2.24, 2.45) is 5.10 Å². The topological polar surface area (TPSA) is 70.2 Å². The third kappa shape index (κ3) is 3.08. The SMILES string of the molecule is Cc1cc(/C=N/NC(=O)C#N)c(C)n1C1CCCCC1. The molecule has 106 valence electrons. The van der Waals surface area contributed by atoms with Gasteiger partial charge >= 0.3 is 5.91 Å². The van der Waals surface area contributed by atoms with E-state index in [4.69, 9.17) is 5.26 Å². The second-order valence-electron chi connectivity index (χ2n) is 5.30. The van der Waals surface area contributed by atoms with E-state index in [0.29, 0.717) is 6.04 Å². The molecule has 2 rings (SSSR count). The summed E-state index contributed by atoms with van der Waals surface area (Å²) in [6.07, 6.45) is 8.00. The van der Waals surface area contributed by atoms with Crippen LogP contribution in [0.2, 0.25) is 0 Å². The normalized spacial score (nSPS) is 16.2. The molecule has 0 unspecified atom stereocenters. The van der Waals surface area contributed by atoms with E-state index in [-0.39, 0.29) is 0 Å². The first-order valence-corrected chi connectivity index (χ1v) is 7.05. The van der Waals surface area contributed by atoms with E-state index in [9.17, 15) is 4.79 Å². The molecule has 1 aromatic heterocycles. The summed E-state index contributed by atoms with van der Waals surface area (Å²) in [5, 5.41) is 12.2. The molecule has 0 saturated heterocycles. The zero-order valence-corrected chi connectivity index (χ0v) is 12.0. The van der Waals surface area contributed by atoms with Crippen LogP contribution in [-0.4, -0.2) is 16.7 Å². The van der Waals surface area contributed by atoms with Gasteiger partial charge < -0.3 is 4.57 Å². The van der Waals surface area contributed by atoms with Gasteiger partial charge in [-0.05, 0) is 32.8 Å². The molecule has 1 amide bonds. The van der Waals surface area contributed by atoms with Gasteiger partial charge in [0.1, 0.15) is 0 Å². The maximum absolute atomic E-state index is 10.8. The molecule has 0 radical (unpaired) electrons. The minimum atomic E-state index is -0.748. The van der Waals surface area contributed by atoms with E-state index >= 15 is 0 Å². The molecule has 1 heterocycles. The van der Waals surface area contributed by atoms with E-state index in [1.54, 1.807) is 6.21 Å². The van der Waals surface area contributed by atoms with Crippen molar-refractivity contribution in [3.63, 3.8) is 0 Å². The van der Waals surface area contributed by atoms with Crippen LogP contribution in [0.15, 0.2) is 11.2 Å². The first kappa shape index (κ1) is 14.3. The molecule has 20 heavy (non-hydrogen) atoms. The standard InChI is InChI=1S/C15H20N4O/c1-11-8-13(10-17-18-15(20)9-16)12(2)19(11)14-6-4-3-5-7-14/h8,10,14H,3-7H2,1-2H3,(H,18,20)/b17-10+. The lowest BCUT2D eigenvalue weighted by Crippen LogP contribution is -2.16. The van der Waals surface area contributed by atoms with Gasteiger partial charge in [-0.2, -0.15) is 10.4 Å². The van der Waals surface area contributed by atoms with Gasteiger partial charge in [0, 0.05) is 23.0 Å². The van der Waals surface area contributed by atoms with Gasteiger partial charge in [-0.15, -0.1) is 0 Å². The van der Waals surface area contributed by atoms with Crippen molar-refractivity contribution in [3.8, 4) is 6.07 Å². The quantitative estimate of drug-likeness (QED) is 0.522. The van der Waals surface area contributed by atoms with Gasteiger partial charge in [-0.3, -0.25) is 4.79 Å². The molecule has 1 saturated carbocycles. The molecular weight excluding hydrogens is 252 g/mol. The smallest absolute Gasteiger partial charge is 0.342 e. The molecule has 1 aliphatic rings. The number of hydrogen-bond donors (Lipinski definition) is 1. The van der Waals surface area contributed by atoms with E-state index in [2.05, 4.69) is 35.0 Å². The molecule has 1 aromatic rings. The number of nitrogens with zero attached hydrogens (tertiary/aromatic N) is 3. The van der Waals surface area contributed by atoms with Gasteiger partial charge in [-0.1, -0.05) is 19.3 Å². The Labute approximate surface area is 119 Å². The van der Waals surface area contributed by atoms with Crippen molar-refractivity contribution in [2.75, 3.05) is 0 Å². The van der Waals surface area contributed by atoms with Crippen LogP contribution in [0, 0.1) is 25.2 Å². The van der Waals surface area contributed by atoms with E-state index in [0.717, 1.165) is 5.56 Å². The molecule has 5 heteroatoms. The third-order valence-electron chi connectivity index (χ3n) is 3.93. The van der Waals surface area contributed by atoms with Crippen LogP contribution in [0.3, 0.4) is 0 Å². The second kappa shape index (κ2) is 6.38. The molecule has 0 spiro atoms. The van der Waals surface area contributed by atoms with Gasteiger partial charge in [0.05, 0.1) is 6.21 Å². The molecule has 5 nitrogen and oxygen atoms in total. The highest BCUT2D eigenvalue weighted by Crippen LogP contribution is 2.31. The molecule has 0 aliphatic heterocycles. The van der Waals surface area contributed by atoms with E-state index in [1.807, 2.05) is 0 Å². The third-order valence-corrected chi connectivity index (χ3v) is 3.93. The van der Waals surface area contributed by atoms with Crippen molar-refractivity contribution in [2.45, 2.75) is 52.0 Å². The van der Waals surface area contributed by atoms with Crippen molar-refractivity contribution in [1.82, 2.24) is 9.99 Å². The summed E-state index contributed by atoms with van der Waals surface area (Å²) >= 11 is 0. The summed E-state index contributed by atoms with van der Waals surface area (Å²) in [6.45, 7) is 4.18. The van der Waals surface area contributed by atoms with Gasteiger partial charge in [0.25, 0.3) is 0 Å². The van der Waals surface area contributed by atoms with Crippen LogP contribution in [-0.2, 0) is 4.79 Å². The fourth-order valence-electron chi connectivity index (χ4n) is 3.02. The number of nitrogens with one attached hydrogen (secondary N) is 1. The minimum absolute atomic E-state index is 0.583. The highest BCUT2D eigenvalue weighted by atomic mass is 16.2. The van der Waals surface area contributed by atoms with Crippen LogP contribution in [0.4, 0.5) is 0 Å². The zero-order valence-electron chi connectivity index (χ0n) is 12.0. The molecule has 0 bridgehead atoms. The molecule has 1 N–H and O–H groups in total. The second-order valence-corrected chi connectivity index (χ2v) is 5.30. The number of amides is 1. The lowest BCUT2D eigenvalue weighted by Gasteiger charge is -2.26. The van der Waals surface area contributed by atoms with E-state index in [1.165, 1.54) is 49.6 Å². The number of carbonyl (C=O) groups excluding carboxylic acids is 1. The Morgan fingerprint density at radius 3 is 2.80 bits per heavy atom. The average Bonchev–Trinajstić information content (AvgIpc) is 2.74. The summed E-state index contributed by atoms with van der Waals surface area (Å²) in [5.41, 5.74) is 5.56. The van der Waals surface area contributed by atoms with Crippen LogP contribution in [0.25, 0.3) is 0 Å². The first-order chi connectivity index (χ1) is 9.63. The Morgan fingerprint density at radius 2 is 2.15 bits per heavy atom. The summed E-state index contributed by atoms with van der Waals surface area (Å²) in [7, 11) is 0. The maximum atomic E-state index is 10.8. The van der Waals surface area contributed by atoms with Crippen molar-refractivity contribution in [3.05, 3.63) is 23.0 Å². The minimum Gasteiger partial charge on any atom is -0.345 e. The fraction of sp³-hybridized carbons (Fsp3) is 0.533. The number of nitriles is 1. The summed E-state index contributed by atoms with van der Waals surface area (Å²) in [6, 6.07) is 4.12. The first-order valence-electron chi connectivity index (χ1n) is 7.05. The van der Waals surface area contributed by atoms with Crippen LogP contribution >= 0.6 is 0 Å². The highest BCUT2D eigenvalue weighted by molar-refractivity contribution is 5.92. The van der Waals surface area contributed by atoms with Crippen molar-refractivity contribution in [1.29, 1.82) is 5.26 Å². The highest BCUT2D eigenvalue weighted by Gasteiger charge is 2.19. The van der Waals surface area contributed by atoms with Gasteiger partial charge in [0.15, 0.2) is 6.07 Å². The number of hydrogen-bond acceptors (Lipinski definition) is 3. The number of carbonyl (C=O) groups is 1. The average molecular weight is 272 g/mol. The van der Waals surface area contributed by atoms with Crippen LogP contribution < -0.4 is 5.43 Å². The fourth-order valence-corrected chi connectivity index (χ4v) is 3.02. The zero-order chi connectivity index (χ0) is 14.5. The van der Waals surface area contributed by atoms with Crippen molar-refractivity contribution >= 4 is 12.1 Å². The monoisotopic (exact) mass is 272 g/mol. The summed E-state index contributed by atoms with van der Waals surface area (Å²) in [5.74, 6) is -0.748. The predicted molar refractivity (Wildman–Crippen MR) is 77.4 cm³/mol. The molecular formula is C15H20N4O. The van der Waals surface area contributed by atoms with Gasteiger partial charge in [0.2, 0.25) is 0 Å². The molecule has 1 fully saturated rings. The van der Waals surface area contributed by atoms with E-state index < -0.39 is 5.91 Å². The Balaban J connectivity index is 2.16. The maximum Gasteiger partial charge on any atom is 0.342 e. The lowest BCUT2D eigenvalue weighted by atomic mass is 9.95. The molecule has 1 aliphatic carbocycles. The van der Waals surface area contributed by atoms with Crippen LogP contribution in [0.1, 0.15) is 55.1 Å². The Bertz CT molecular complexity index is 559. The van der Waals surface area contributed by atoms with Crippen molar-refractivity contribution < 1.29 is 4.79 Å². The van der Waals surface area contributed by atoms with Crippen LogP contribution in [0.5, 0.6) is 0 Å². The summed E-state index contributed by atoms with van der Waals surface area (Å²) < 4.78 is 2.38. The molecule has 0 atom stereocenters. The number of aryl methyl sites for hydroxylation is 1. The Hall–Kier alpha value is -2.09. The predicted octanol–water partition coefficient (Wildman–Crippen LogP) is 2.58. The van der Waals surface area contributed by atoms with Gasteiger partial charge in [-0.25, -0.2) is 5.43 Å². The number of hydrazone groups is 1. The largest absolute Gasteiger partial charge is 0.345 e. The number of rotatable bonds is 3. The molecule has 0 aromatic carbocycles. The number of aromatic nitrogens is 1. The Morgan fingerprint density at radius 1 is 1.45 bits per heavy atom. The summed E-state index contributed by atoms with van der Waals surface area (Å²) in [4.78, 5) is 10.8. The lowest BCUT2D eigenvalue weighted by molar-refractivity contribution is -0.115. The Kier molecular flexibility index (Phi) is 4.57.